The monoisotopic (exact) mass is 385 g/mol. The molecule has 2 heteroatoms. The van der Waals surface area contributed by atoms with E-state index in [1.807, 2.05) is 22.6 Å². The van der Waals surface area contributed by atoms with Crippen LogP contribution in [0, 0.1) is 0 Å². The minimum Gasteiger partial charge on any atom is -0.275 e. The average Bonchev–Trinajstić information content (AvgIpc) is 3.22. The summed E-state index contributed by atoms with van der Waals surface area (Å²) in [5.74, 6) is 0. The van der Waals surface area contributed by atoms with Crippen LogP contribution in [0.25, 0.3) is 49.1 Å². The second-order valence-corrected chi connectivity index (χ2v) is 8.97. The molecule has 0 fully saturated rings. The summed E-state index contributed by atoms with van der Waals surface area (Å²) >= 11 is 0. The zero-order valence-corrected chi connectivity index (χ0v) is 16.9. The third kappa shape index (κ3) is 1.70. The predicted octanol–water partition coefficient (Wildman–Crippen LogP) is 6.50. The Morgan fingerprint density at radius 3 is 2.13 bits per heavy atom. The first-order valence-electron chi connectivity index (χ1n) is 10.4. The fourth-order valence-electron chi connectivity index (χ4n) is 5.71. The maximum absolute atomic E-state index is 13.6. The summed E-state index contributed by atoms with van der Waals surface area (Å²) in [4.78, 5) is 13.6. The van der Waals surface area contributed by atoms with Crippen LogP contribution in [0.4, 0.5) is 0 Å². The lowest BCUT2D eigenvalue weighted by Crippen LogP contribution is -2.16. The van der Waals surface area contributed by atoms with Crippen LogP contribution in [-0.4, -0.2) is 4.40 Å². The van der Waals surface area contributed by atoms with Crippen molar-refractivity contribution in [2.45, 2.75) is 19.3 Å². The van der Waals surface area contributed by atoms with Gasteiger partial charge in [-0.2, -0.15) is 0 Å². The summed E-state index contributed by atoms with van der Waals surface area (Å²) in [7, 11) is 0. The first kappa shape index (κ1) is 16.2. The van der Waals surface area contributed by atoms with Crippen LogP contribution >= 0.6 is 0 Å². The van der Waals surface area contributed by atoms with Crippen molar-refractivity contribution in [2.75, 3.05) is 0 Å². The molecular formula is C28H19NO. The van der Waals surface area contributed by atoms with Crippen molar-refractivity contribution in [2.24, 2.45) is 0 Å². The molecule has 6 aromatic rings. The molecule has 7 rings (SSSR count). The van der Waals surface area contributed by atoms with E-state index in [2.05, 4.69) is 74.5 Å². The van der Waals surface area contributed by atoms with E-state index in [4.69, 9.17) is 0 Å². The Hall–Kier alpha value is -3.65. The van der Waals surface area contributed by atoms with Crippen molar-refractivity contribution in [1.29, 1.82) is 0 Å². The van der Waals surface area contributed by atoms with Gasteiger partial charge < -0.3 is 0 Å². The molecule has 2 nitrogen and oxygen atoms in total. The Morgan fingerprint density at radius 1 is 0.633 bits per heavy atom. The van der Waals surface area contributed by atoms with Gasteiger partial charge >= 0.3 is 0 Å². The molecule has 0 aliphatic heterocycles. The van der Waals surface area contributed by atoms with E-state index in [9.17, 15) is 4.79 Å². The van der Waals surface area contributed by atoms with Crippen LogP contribution in [0.15, 0.2) is 83.7 Å². The molecule has 0 amide bonds. The number of benzene rings is 4. The van der Waals surface area contributed by atoms with Gasteiger partial charge in [-0.1, -0.05) is 74.5 Å². The Morgan fingerprint density at radius 2 is 1.30 bits per heavy atom. The van der Waals surface area contributed by atoms with Gasteiger partial charge in [0.05, 0.1) is 11.0 Å². The third-order valence-electron chi connectivity index (χ3n) is 7.14. The second kappa shape index (κ2) is 5.09. The fourth-order valence-corrected chi connectivity index (χ4v) is 5.71. The first-order valence-corrected chi connectivity index (χ1v) is 10.4. The van der Waals surface area contributed by atoms with Crippen molar-refractivity contribution >= 4 is 38.0 Å². The van der Waals surface area contributed by atoms with Crippen LogP contribution < -0.4 is 5.56 Å². The summed E-state index contributed by atoms with van der Waals surface area (Å²) in [5, 5.41) is 5.24. The van der Waals surface area contributed by atoms with Crippen molar-refractivity contribution in [1.82, 2.24) is 4.40 Å². The van der Waals surface area contributed by atoms with E-state index >= 15 is 0 Å². The largest absolute Gasteiger partial charge is 0.275 e. The van der Waals surface area contributed by atoms with E-state index in [0.29, 0.717) is 0 Å². The second-order valence-electron chi connectivity index (χ2n) is 8.97. The minimum absolute atomic E-state index is 0.0672. The molecule has 0 saturated carbocycles. The maximum Gasteiger partial charge on any atom is 0.263 e. The van der Waals surface area contributed by atoms with Gasteiger partial charge in [0.25, 0.3) is 5.56 Å². The Balaban J connectivity index is 1.77. The van der Waals surface area contributed by atoms with E-state index in [1.165, 1.54) is 22.3 Å². The molecule has 0 radical (unpaired) electrons. The number of hydrogen-bond acceptors (Lipinski definition) is 1. The Labute approximate surface area is 173 Å². The van der Waals surface area contributed by atoms with Gasteiger partial charge in [0.15, 0.2) is 0 Å². The maximum atomic E-state index is 13.6. The van der Waals surface area contributed by atoms with Crippen molar-refractivity contribution in [3.63, 3.8) is 0 Å². The number of hydrogen-bond donors (Lipinski definition) is 0. The number of rotatable bonds is 0. The molecule has 1 aliphatic rings. The lowest BCUT2D eigenvalue weighted by atomic mass is 9.82. The predicted molar refractivity (Wildman–Crippen MR) is 125 cm³/mol. The summed E-state index contributed by atoms with van der Waals surface area (Å²) in [6.45, 7) is 4.57. The molecule has 30 heavy (non-hydrogen) atoms. The molecular weight excluding hydrogens is 366 g/mol. The first-order chi connectivity index (χ1) is 14.6. The van der Waals surface area contributed by atoms with Gasteiger partial charge in [-0.3, -0.25) is 9.20 Å². The molecule has 142 valence electrons. The van der Waals surface area contributed by atoms with E-state index < -0.39 is 0 Å². The fraction of sp³-hybridized carbons (Fsp3) is 0.107. The molecule has 0 unspecified atom stereocenters. The summed E-state index contributed by atoms with van der Waals surface area (Å²) in [6, 6.07) is 27.6. The van der Waals surface area contributed by atoms with Crippen LogP contribution in [0.1, 0.15) is 25.0 Å². The highest BCUT2D eigenvalue weighted by molar-refractivity contribution is 6.20. The van der Waals surface area contributed by atoms with E-state index in [-0.39, 0.29) is 11.0 Å². The highest BCUT2D eigenvalue weighted by atomic mass is 16.1. The van der Waals surface area contributed by atoms with Crippen molar-refractivity contribution < 1.29 is 0 Å². The SMILES string of the molecule is CC1(C)c2ccccc2-c2cc3c4cccc5c6ccccc6c(=O)n(c3cc21)c54. The molecule has 0 spiro atoms. The highest BCUT2D eigenvalue weighted by Gasteiger charge is 2.36. The minimum atomic E-state index is -0.0880. The molecule has 0 saturated heterocycles. The molecule has 2 aromatic heterocycles. The quantitative estimate of drug-likeness (QED) is 0.273. The van der Waals surface area contributed by atoms with Crippen LogP contribution in [0.5, 0.6) is 0 Å². The molecule has 0 bridgehead atoms. The molecule has 4 aromatic carbocycles. The zero-order valence-electron chi connectivity index (χ0n) is 16.9. The standard InChI is InChI=1S/C28H19NO/c1-28(2)23-13-6-5-9-17(23)21-14-22-19-12-7-11-18-16-8-3-4-10-20(16)27(30)29(26(18)19)25(22)15-24(21)28/h3-15H,1-2H3. The number of aromatic nitrogens is 1. The zero-order chi connectivity index (χ0) is 20.2. The van der Waals surface area contributed by atoms with Gasteiger partial charge in [0.2, 0.25) is 0 Å². The van der Waals surface area contributed by atoms with Gasteiger partial charge in [0, 0.05) is 27.0 Å². The lowest BCUT2D eigenvalue weighted by Gasteiger charge is -2.21. The van der Waals surface area contributed by atoms with E-state index in [0.717, 1.165) is 38.0 Å². The molecule has 0 atom stereocenters. The number of pyridine rings is 1. The molecule has 0 N–H and O–H groups in total. The van der Waals surface area contributed by atoms with Crippen molar-refractivity contribution in [3.05, 3.63) is 100 Å². The van der Waals surface area contributed by atoms with E-state index in [1.54, 1.807) is 0 Å². The van der Waals surface area contributed by atoms with Gasteiger partial charge in [-0.15, -0.1) is 0 Å². The summed E-state index contributed by atoms with van der Waals surface area (Å²) in [6.07, 6.45) is 0. The molecule has 1 aliphatic carbocycles. The number of nitrogens with zero attached hydrogens (tertiary/aromatic N) is 1. The molecule has 2 heterocycles. The summed E-state index contributed by atoms with van der Waals surface area (Å²) in [5.41, 5.74) is 7.27. The van der Waals surface area contributed by atoms with Crippen LogP contribution in [0.3, 0.4) is 0 Å². The normalized spacial score (nSPS) is 14.7. The van der Waals surface area contributed by atoms with Crippen LogP contribution in [-0.2, 0) is 5.41 Å². The highest BCUT2D eigenvalue weighted by Crippen LogP contribution is 2.50. The smallest absolute Gasteiger partial charge is 0.263 e. The average molecular weight is 385 g/mol. The Kier molecular flexibility index (Phi) is 2.74. The van der Waals surface area contributed by atoms with Gasteiger partial charge in [-0.25, -0.2) is 0 Å². The third-order valence-corrected chi connectivity index (χ3v) is 7.14. The van der Waals surface area contributed by atoms with Crippen molar-refractivity contribution in [3.8, 4) is 11.1 Å². The van der Waals surface area contributed by atoms with Gasteiger partial charge in [0.1, 0.15) is 0 Å². The lowest BCUT2D eigenvalue weighted by molar-refractivity contribution is 0.661. The van der Waals surface area contributed by atoms with Gasteiger partial charge in [-0.05, 0) is 45.8 Å². The van der Waals surface area contributed by atoms with Crippen LogP contribution in [0.2, 0.25) is 0 Å². The summed E-state index contributed by atoms with van der Waals surface area (Å²) < 4.78 is 1.95. The number of fused-ring (bicyclic) bond motifs is 8. The Bertz CT molecular complexity index is 1740. The number of para-hydroxylation sites is 1. The topological polar surface area (TPSA) is 21.5 Å².